The lowest BCUT2D eigenvalue weighted by Crippen LogP contribution is -2.38. The highest BCUT2D eigenvalue weighted by Gasteiger charge is 2.67. The molecule has 0 bridgehead atoms. The number of hydrogen-bond acceptors (Lipinski definition) is 5. The molecule has 0 aromatic heterocycles. The van der Waals surface area contributed by atoms with Crippen molar-refractivity contribution in [1.29, 1.82) is 0 Å². The van der Waals surface area contributed by atoms with Crippen LogP contribution in [0.5, 0.6) is 0 Å². The Morgan fingerprint density at radius 2 is 1.40 bits per heavy atom. The number of rotatable bonds is 6. The van der Waals surface area contributed by atoms with Gasteiger partial charge in [0.05, 0.1) is 21.8 Å². The maximum atomic E-state index is 14.5. The number of fused-ring (bicyclic) bond motifs is 1. The van der Waals surface area contributed by atoms with Gasteiger partial charge < -0.3 is 0 Å². The van der Waals surface area contributed by atoms with Gasteiger partial charge in [-0.3, -0.25) is 9.59 Å². The number of imide groups is 1. The van der Waals surface area contributed by atoms with Crippen LogP contribution in [0.1, 0.15) is 20.7 Å². The summed E-state index contributed by atoms with van der Waals surface area (Å²) in [4.78, 5) is 22.5. The van der Waals surface area contributed by atoms with E-state index in [0.717, 1.165) is 12.1 Å². The van der Waals surface area contributed by atoms with Crippen LogP contribution < -0.4 is 0 Å². The van der Waals surface area contributed by atoms with Crippen molar-refractivity contribution in [1.82, 2.24) is 5.06 Å². The first-order valence-corrected chi connectivity index (χ1v) is 12.4. The van der Waals surface area contributed by atoms with Gasteiger partial charge in [-0.1, -0.05) is 23.7 Å². The molecule has 0 radical (unpaired) electrons. The molecule has 2 aromatic carbocycles. The Hall–Kier alpha value is -1.86. The zero-order valence-electron chi connectivity index (χ0n) is 14.5. The van der Waals surface area contributed by atoms with Gasteiger partial charge in [-0.15, -0.1) is 36.5 Å². The van der Waals surface area contributed by atoms with E-state index in [4.69, 9.17) is 23.2 Å². The van der Waals surface area contributed by atoms with Gasteiger partial charge >= 0.3 is 10.1 Å². The lowest BCUT2D eigenvalue weighted by atomic mass is 10.1. The number of amides is 2. The van der Waals surface area contributed by atoms with Gasteiger partial charge in [0.1, 0.15) is 0 Å². The fourth-order valence-electron chi connectivity index (χ4n) is 2.57. The number of benzene rings is 2. The molecule has 30 heavy (non-hydrogen) atoms. The molecule has 14 heteroatoms. The minimum Gasteiger partial charge on any atom is -0.266 e. The van der Waals surface area contributed by atoms with E-state index in [1.54, 1.807) is 0 Å². The van der Waals surface area contributed by atoms with Crippen molar-refractivity contribution in [3.63, 3.8) is 0 Å². The SMILES string of the molecule is O=C1c2ccccc2C(=O)N1OS(=O)(=O)C(Cl)CS(F)(F)(F)(F)c1ccc(Cl)cc1. The van der Waals surface area contributed by atoms with E-state index in [1.807, 2.05) is 0 Å². The van der Waals surface area contributed by atoms with Crippen molar-refractivity contribution in [2.24, 2.45) is 0 Å². The number of carbonyl (C=O) groups excluding carboxylic acids is 2. The van der Waals surface area contributed by atoms with Crippen LogP contribution in [-0.4, -0.2) is 35.8 Å². The molecule has 3 rings (SSSR count). The van der Waals surface area contributed by atoms with E-state index in [1.165, 1.54) is 24.3 Å². The van der Waals surface area contributed by atoms with Gasteiger partial charge in [-0.25, -0.2) is 0 Å². The van der Waals surface area contributed by atoms with Crippen molar-refractivity contribution < 1.29 is 37.8 Å². The summed E-state index contributed by atoms with van der Waals surface area (Å²) < 4.78 is 83.7. The molecule has 1 unspecified atom stereocenters. The summed E-state index contributed by atoms with van der Waals surface area (Å²) in [6, 6.07) is 7.41. The van der Waals surface area contributed by atoms with Crippen LogP contribution in [0.3, 0.4) is 0 Å². The molecule has 0 saturated carbocycles. The van der Waals surface area contributed by atoms with Crippen molar-refractivity contribution in [2.75, 3.05) is 5.75 Å². The highest BCUT2D eigenvalue weighted by atomic mass is 35.5. The molecule has 6 nitrogen and oxygen atoms in total. The van der Waals surface area contributed by atoms with E-state index >= 15 is 0 Å². The highest BCUT2D eigenvalue weighted by molar-refractivity contribution is 8.50. The summed E-state index contributed by atoms with van der Waals surface area (Å²) in [5.41, 5.74) is -0.431. The third-order valence-electron chi connectivity index (χ3n) is 4.05. The maximum Gasteiger partial charge on any atom is 0.306 e. The Labute approximate surface area is 177 Å². The first kappa shape index (κ1) is 22.8. The largest absolute Gasteiger partial charge is 0.306 e. The van der Waals surface area contributed by atoms with Gasteiger partial charge in [0.15, 0.2) is 14.5 Å². The maximum absolute atomic E-state index is 14.5. The molecule has 1 aliphatic rings. The number of halogens is 6. The fourth-order valence-corrected chi connectivity index (χ4v) is 6.93. The van der Waals surface area contributed by atoms with Crippen molar-refractivity contribution in [3.8, 4) is 0 Å². The standard InChI is InChI=1S/C16H11Cl2F4NO5S2/c17-10-5-7-11(8-6-10)30(19,20,21,22)9-14(18)29(26,27)28-23-15(24)12-3-1-2-4-13(12)16(23)25/h1-8,14H,9H2. The lowest BCUT2D eigenvalue weighted by Gasteiger charge is -2.50. The zero-order chi connectivity index (χ0) is 22.6. The number of hydroxylamine groups is 2. The van der Waals surface area contributed by atoms with Gasteiger partial charge in [0.25, 0.3) is 11.8 Å². The molecule has 1 heterocycles. The third-order valence-corrected chi connectivity index (χ3v) is 8.98. The highest BCUT2D eigenvalue weighted by Crippen LogP contribution is 3.00. The number of hydrogen-bond donors (Lipinski definition) is 0. The Balaban J connectivity index is 1.88. The first-order valence-electron chi connectivity index (χ1n) is 7.85. The average molecular weight is 508 g/mol. The van der Waals surface area contributed by atoms with Crippen molar-refractivity contribution >= 4 is 55.0 Å². The van der Waals surface area contributed by atoms with Gasteiger partial charge in [-0.05, 0) is 36.4 Å². The van der Waals surface area contributed by atoms with Crippen LogP contribution in [0.2, 0.25) is 5.02 Å². The molecule has 0 saturated heterocycles. The number of carbonyl (C=O) groups is 2. The second kappa shape index (κ2) is 6.57. The molecule has 164 valence electrons. The summed E-state index contributed by atoms with van der Waals surface area (Å²) in [5.74, 6) is -5.06. The Bertz CT molecular complexity index is 1130. The zero-order valence-corrected chi connectivity index (χ0v) is 17.6. The topological polar surface area (TPSA) is 80.8 Å². The summed E-state index contributed by atoms with van der Waals surface area (Å²) in [6.07, 6.45) is 0. The van der Waals surface area contributed by atoms with Crippen LogP contribution in [0.15, 0.2) is 53.4 Å². The molecule has 0 fully saturated rings. The smallest absolute Gasteiger partial charge is 0.266 e. The molecular weight excluding hydrogens is 497 g/mol. The summed E-state index contributed by atoms with van der Waals surface area (Å²) in [6.45, 7) is 0. The quantitative estimate of drug-likeness (QED) is 0.303. The lowest BCUT2D eigenvalue weighted by molar-refractivity contribution is -0.0105. The van der Waals surface area contributed by atoms with Gasteiger partial charge in [0.2, 0.25) is 0 Å². The minimum absolute atomic E-state index is 0.101. The van der Waals surface area contributed by atoms with E-state index in [0.29, 0.717) is 12.1 Å². The summed E-state index contributed by atoms with van der Waals surface area (Å²) in [7, 11) is -14.7. The van der Waals surface area contributed by atoms with Crippen LogP contribution >= 0.6 is 33.0 Å². The van der Waals surface area contributed by atoms with Crippen LogP contribution in [0.4, 0.5) is 15.5 Å². The normalized spacial score (nSPS) is 18.0. The van der Waals surface area contributed by atoms with Crippen LogP contribution in [0, 0.1) is 0 Å². The molecule has 0 N–H and O–H groups in total. The number of nitrogens with zero attached hydrogens (tertiary/aromatic N) is 1. The second-order valence-corrected chi connectivity index (χ2v) is 12.5. The van der Waals surface area contributed by atoms with E-state index in [-0.39, 0.29) is 21.2 Å². The molecule has 1 atom stereocenters. The van der Waals surface area contributed by atoms with E-state index in [2.05, 4.69) is 4.28 Å². The molecular formula is C16H11Cl2F4NO5S2. The van der Waals surface area contributed by atoms with Crippen molar-refractivity contribution in [2.45, 2.75) is 9.60 Å². The average Bonchev–Trinajstić information content (AvgIpc) is 2.86. The first-order chi connectivity index (χ1) is 13.5. The number of alkyl halides is 1. The Morgan fingerprint density at radius 1 is 0.933 bits per heavy atom. The third kappa shape index (κ3) is 4.14. The van der Waals surface area contributed by atoms with Crippen LogP contribution in [-0.2, 0) is 14.4 Å². The van der Waals surface area contributed by atoms with E-state index < -0.39 is 47.1 Å². The molecule has 2 amide bonds. The summed E-state index contributed by atoms with van der Waals surface area (Å²) in [5, 5.41) is -0.332. The second-order valence-electron chi connectivity index (χ2n) is 6.29. The monoisotopic (exact) mass is 507 g/mol. The molecule has 0 spiro atoms. The Kier molecular flexibility index (Phi) is 4.99. The summed E-state index contributed by atoms with van der Waals surface area (Å²) >= 11 is 10.9. The van der Waals surface area contributed by atoms with E-state index in [9.17, 15) is 33.5 Å². The molecule has 0 aliphatic carbocycles. The predicted molar refractivity (Wildman–Crippen MR) is 103 cm³/mol. The van der Waals surface area contributed by atoms with Gasteiger partial charge in [0, 0.05) is 5.02 Å². The molecule has 1 aliphatic heterocycles. The fraction of sp³-hybridized carbons (Fsp3) is 0.125. The minimum atomic E-state index is -9.21. The Morgan fingerprint density at radius 3 is 1.87 bits per heavy atom. The molecule has 2 aromatic rings. The van der Waals surface area contributed by atoms with Crippen LogP contribution in [0.25, 0.3) is 0 Å². The van der Waals surface area contributed by atoms with Crippen molar-refractivity contribution in [3.05, 3.63) is 64.7 Å². The van der Waals surface area contributed by atoms with Gasteiger partial charge in [-0.2, -0.15) is 8.42 Å². The predicted octanol–water partition coefficient (Wildman–Crippen LogP) is 5.24.